The molecule has 0 spiro atoms. The third-order valence-electron chi connectivity index (χ3n) is 3.85. The topological polar surface area (TPSA) is 70.7 Å². The number of rotatable bonds is 6. The van der Waals surface area contributed by atoms with Crippen LogP contribution in [0.3, 0.4) is 0 Å². The standard InChI is InChI=1S/C19H17F2N3O3/c20-18(21)27-16-4-2-1-3-13(16)5-10-17(25)23-14-6-8-15(9-7-14)24-12-11-22-19(24)26/h1-10,18H,11-12H2,(H,22,26)(H,23,25)/b10-5+. The summed E-state index contributed by atoms with van der Waals surface area (Å²) in [5, 5.41) is 5.38. The van der Waals surface area contributed by atoms with Crippen molar-refractivity contribution >= 4 is 29.4 Å². The molecule has 0 aliphatic carbocycles. The van der Waals surface area contributed by atoms with Crippen molar-refractivity contribution in [2.75, 3.05) is 23.3 Å². The van der Waals surface area contributed by atoms with Gasteiger partial charge in [0.15, 0.2) is 0 Å². The second-order valence-electron chi connectivity index (χ2n) is 5.67. The zero-order chi connectivity index (χ0) is 19.2. The highest BCUT2D eigenvalue weighted by Gasteiger charge is 2.20. The smallest absolute Gasteiger partial charge is 0.387 e. The minimum absolute atomic E-state index is 0.00945. The number of nitrogens with zero attached hydrogens (tertiary/aromatic N) is 1. The van der Waals surface area contributed by atoms with Crippen LogP contribution in [0.5, 0.6) is 5.75 Å². The predicted molar refractivity (Wildman–Crippen MR) is 97.9 cm³/mol. The van der Waals surface area contributed by atoms with Gasteiger partial charge in [0.25, 0.3) is 0 Å². The number of hydrogen-bond donors (Lipinski definition) is 2. The number of ether oxygens (including phenoxy) is 1. The van der Waals surface area contributed by atoms with Gasteiger partial charge in [-0.15, -0.1) is 0 Å². The Bertz CT molecular complexity index is 854. The highest BCUT2D eigenvalue weighted by atomic mass is 19.3. The fraction of sp³-hybridized carbons (Fsp3) is 0.158. The van der Waals surface area contributed by atoms with E-state index in [1.807, 2.05) is 0 Å². The SMILES string of the molecule is O=C(/C=C/c1ccccc1OC(F)F)Nc1ccc(N2CCNC2=O)cc1. The van der Waals surface area contributed by atoms with Crippen LogP contribution >= 0.6 is 0 Å². The largest absolute Gasteiger partial charge is 0.434 e. The first kappa shape index (κ1) is 18.4. The fourth-order valence-corrected chi connectivity index (χ4v) is 2.61. The Morgan fingerprint density at radius 1 is 1.19 bits per heavy atom. The Morgan fingerprint density at radius 2 is 1.93 bits per heavy atom. The van der Waals surface area contributed by atoms with Gasteiger partial charge in [-0.05, 0) is 36.4 Å². The number of halogens is 2. The van der Waals surface area contributed by atoms with Crippen LogP contribution in [-0.4, -0.2) is 31.6 Å². The highest BCUT2D eigenvalue weighted by Crippen LogP contribution is 2.22. The summed E-state index contributed by atoms with van der Waals surface area (Å²) < 4.78 is 29.2. The Balaban J connectivity index is 1.62. The molecule has 0 unspecified atom stereocenters. The van der Waals surface area contributed by atoms with Crippen molar-refractivity contribution in [3.05, 3.63) is 60.2 Å². The molecule has 1 aliphatic rings. The van der Waals surface area contributed by atoms with Crippen molar-refractivity contribution in [3.63, 3.8) is 0 Å². The van der Waals surface area contributed by atoms with E-state index in [9.17, 15) is 18.4 Å². The summed E-state index contributed by atoms with van der Waals surface area (Å²) in [7, 11) is 0. The number of carbonyl (C=O) groups is 2. The molecule has 1 fully saturated rings. The number of urea groups is 1. The number of carbonyl (C=O) groups excluding carboxylic acids is 2. The summed E-state index contributed by atoms with van der Waals surface area (Å²) in [6, 6.07) is 12.9. The molecule has 0 aromatic heterocycles. The van der Waals surface area contributed by atoms with Crippen molar-refractivity contribution in [2.24, 2.45) is 0 Å². The summed E-state index contributed by atoms with van der Waals surface area (Å²) >= 11 is 0. The Hall–Kier alpha value is -3.42. The van der Waals surface area contributed by atoms with Crippen molar-refractivity contribution < 1.29 is 23.1 Å². The summed E-state index contributed by atoms with van der Waals surface area (Å²) in [5.74, 6) is -0.432. The van der Waals surface area contributed by atoms with E-state index in [1.165, 1.54) is 18.2 Å². The van der Waals surface area contributed by atoms with Gasteiger partial charge in [0.1, 0.15) is 5.75 Å². The molecule has 1 saturated heterocycles. The van der Waals surface area contributed by atoms with Crippen LogP contribution in [0, 0.1) is 0 Å². The lowest BCUT2D eigenvalue weighted by Crippen LogP contribution is -2.27. The van der Waals surface area contributed by atoms with Crippen LogP contribution in [0.1, 0.15) is 5.56 Å². The van der Waals surface area contributed by atoms with E-state index in [4.69, 9.17) is 0 Å². The number of amides is 3. The molecule has 0 radical (unpaired) electrons. The number of nitrogens with one attached hydrogen (secondary N) is 2. The zero-order valence-electron chi connectivity index (χ0n) is 14.2. The average molecular weight is 373 g/mol. The summed E-state index contributed by atoms with van der Waals surface area (Å²) in [6.07, 6.45) is 2.63. The molecular weight excluding hydrogens is 356 g/mol. The van der Waals surface area contributed by atoms with Crippen LogP contribution in [0.25, 0.3) is 6.08 Å². The van der Waals surface area contributed by atoms with Crippen LogP contribution in [-0.2, 0) is 4.79 Å². The van der Waals surface area contributed by atoms with E-state index in [-0.39, 0.29) is 11.8 Å². The average Bonchev–Trinajstić information content (AvgIpc) is 3.07. The molecule has 140 valence electrons. The van der Waals surface area contributed by atoms with Crippen LogP contribution in [0.15, 0.2) is 54.6 Å². The van der Waals surface area contributed by atoms with Crippen LogP contribution < -0.4 is 20.3 Å². The number of benzene rings is 2. The number of anilines is 2. The fourth-order valence-electron chi connectivity index (χ4n) is 2.61. The first-order chi connectivity index (χ1) is 13.0. The summed E-state index contributed by atoms with van der Waals surface area (Å²) in [4.78, 5) is 25.3. The number of para-hydroxylation sites is 1. The minimum atomic E-state index is -2.94. The maximum Gasteiger partial charge on any atom is 0.387 e. The molecule has 0 atom stereocenters. The van der Waals surface area contributed by atoms with Crippen molar-refractivity contribution in [1.82, 2.24) is 5.32 Å². The first-order valence-corrected chi connectivity index (χ1v) is 8.21. The zero-order valence-corrected chi connectivity index (χ0v) is 14.2. The third kappa shape index (κ3) is 4.81. The van der Waals surface area contributed by atoms with Gasteiger partial charge in [0.05, 0.1) is 0 Å². The van der Waals surface area contributed by atoms with E-state index in [0.717, 1.165) is 5.69 Å². The molecule has 8 heteroatoms. The third-order valence-corrected chi connectivity index (χ3v) is 3.85. The van der Waals surface area contributed by atoms with Crippen LogP contribution in [0.2, 0.25) is 0 Å². The minimum Gasteiger partial charge on any atom is -0.434 e. The number of hydrogen-bond acceptors (Lipinski definition) is 3. The maximum atomic E-state index is 12.4. The Labute approximate surface area is 154 Å². The molecule has 1 heterocycles. The van der Waals surface area contributed by atoms with E-state index in [2.05, 4.69) is 15.4 Å². The van der Waals surface area contributed by atoms with Gasteiger partial charge in [0.2, 0.25) is 5.91 Å². The predicted octanol–water partition coefficient (Wildman–Crippen LogP) is 3.47. The Morgan fingerprint density at radius 3 is 2.59 bits per heavy atom. The highest BCUT2D eigenvalue weighted by molar-refractivity contribution is 6.02. The molecule has 0 bridgehead atoms. The van der Waals surface area contributed by atoms with Crippen molar-refractivity contribution in [2.45, 2.75) is 6.61 Å². The van der Waals surface area contributed by atoms with Crippen molar-refractivity contribution in [3.8, 4) is 5.75 Å². The molecule has 2 aromatic carbocycles. The molecule has 0 saturated carbocycles. The number of alkyl halides is 2. The monoisotopic (exact) mass is 373 g/mol. The molecule has 2 aromatic rings. The van der Waals surface area contributed by atoms with E-state index < -0.39 is 12.5 Å². The van der Waals surface area contributed by atoms with E-state index in [1.54, 1.807) is 47.4 Å². The lowest BCUT2D eigenvalue weighted by atomic mass is 10.2. The normalized spacial score (nSPS) is 13.9. The van der Waals surface area contributed by atoms with E-state index in [0.29, 0.717) is 24.3 Å². The quantitative estimate of drug-likeness (QED) is 0.762. The first-order valence-electron chi connectivity index (χ1n) is 8.21. The summed E-state index contributed by atoms with van der Waals surface area (Å²) in [6.45, 7) is -1.75. The Kier molecular flexibility index (Phi) is 5.65. The van der Waals surface area contributed by atoms with Crippen molar-refractivity contribution in [1.29, 1.82) is 0 Å². The molecule has 3 rings (SSSR count). The van der Waals surface area contributed by atoms with Gasteiger partial charge in [-0.25, -0.2) is 4.79 Å². The van der Waals surface area contributed by atoms with E-state index >= 15 is 0 Å². The van der Waals surface area contributed by atoms with Gasteiger partial charge in [-0.2, -0.15) is 8.78 Å². The van der Waals surface area contributed by atoms with Gasteiger partial charge >= 0.3 is 12.6 Å². The van der Waals surface area contributed by atoms with Crippen LogP contribution in [0.4, 0.5) is 25.0 Å². The second kappa shape index (κ2) is 8.31. The van der Waals surface area contributed by atoms with Gasteiger partial charge in [-0.1, -0.05) is 18.2 Å². The molecule has 1 aliphatic heterocycles. The molecule has 6 nitrogen and oxygen atoms in total. The van der Waals surface area contributed by atoms with Gasteiger partial charge in [0, 0.05) is 36.1 Å². The lowest BCUT2D eigenvalue weighted by Gasteiger charge is -2.14. The summed E-state index contributed by atoms with van der Waals surface area (Å²) in [5.41, 5.74) is 1.64. The van der Waals surface area contributed by atoms with Gasteiger partial charge in [-0.3, -0.25) is 9.69 Å². The lowest BCUT2D eigenvalue weighted by molar-refractivity contribution is -0.111. The molecule has 3 amide bonds. The maximum absolute atomic E-state index is 12.4. The molecular formula is C19H17F2N3O3. The van der Waals surface area contributed by atoms with Gasteiger partial charge < -0.3 is 15.4 Å². The molecule has 2 N–H and O–H groups in total. The molecule has 27 heavy (non-hydrogen) atoms. The second-order valence-corrected chi connectivity index (χ2v) is 5.67.